The van der Waals surface area contributed by atoms with Gasteiger partial charge in [0.25, 0.3) is 0 Å². The van der Waals surface area contributed by atoms with Gasteiger partial charge in [-0.1, -0.05) is 0 Å². The lowest BCUT2D eigenvalue weighted by molar-refractivity contribution is 0.0702. The summed E-state index contributed by atoms with van der Waals surface area (Å²) in [7, 11) is 0. The van der Waals surface area contributed by atoms with E-state index in [0.717, 1.165) is 22.5 Å². The quantitative estimate of drug-likeness (QED) is 0.826. The summed E-state index contributed by atoms with van der Waals surface area (Å²) >= 11 is 1.28. The average molecular weight is 210 g/mol. The second kappa shape index (κ2) is 3.09. The molecule has 2 aromatic heterocycles. The number of hydrogen-bond acceptors (Lipinski definition) is 3. The third kappa shape index (κ3) is 1.21. The van der Waals surface area contributed by atoms with Crippen LogP contribution in [0.25, 0.3) is 10.2 Å². The molecule has 0 aliphatic heterocycles. The van der Waals surface area contributed by atoms with E-state index in [2.05, 4.69) is 5.10 Å². The Bertz CT molecular complexity index is 498. The molecule has 0 aliphatic carbocycles. The summed E-state index contributed by atoms with van der Waals surface area (Å²) in [5.41, 5.74) is 0.894. The second-order valence-corrected chi connectivity index (χ2v) is 4.07. The first-order valence-corrected chi connectivity index (χ1v) is 5.15. The molecule has 4 nitrogen and oxygen atoms in total. The maximum absolute atomic E-state index is 10.8. The summed E-state index contributed by atoms with van der Waals surface area (Å²) in [4.78, 5) is 12.1. The van der Waals surface area contributed by atoms with Crippen LogP contribution in [0.2, 0.25) is 0 Å². The fourth-order valence-electron chi connectivity index (χ4n) is 1.43. The van der Waals surface area contributed by atoms with E-state index in [-0.39, 0.29) is 0 Å². The molecule has 2 aromatic rings. The van der Waals surface area contributed by atoms with Crippen molar-refractivity contribution < 1.29 is 9.90 Å². The first-order chi connectivity index (χ1) is 6.63. The summed E-state index contributed by atoms with van der Waals surface area (Å²) in [6.07, 6.45) is 0. The van der Waals surface area contributed by atoms with Crippen LogP contribution >= 0.6 is 11.3 Å². The van der Waals surface area contributed by atoms with Gasteiger partial charge in [0.2, 0.25) is 0 Å². The fourth-order valence-corrected chi connectivity index (χ4v) is 2.50. The summed E-state index contributed by atoms with van der Waals surface area (Å²) in [6, 6.07) is 1.69. The van der Waals surface area contributed by atoms with Gasteiger partial charge in [0.05, 0.1) is 5.69 Å². The number of aromatic nitrogens is 2. The molecule has 0 aromatic carbocycles. The SMILES string of the molecule is CCn1nc(C)c2cc(C(=O)O)sc21. The zero-order chi connectivity index (χ0) is 10.3. The predicted octanol–water partition coefficient (Wildman–Crippen LogP) is 2.12. The van der Waals surface area contributed by atoms with Gasteiger partial charge in [-0.3, -0.25) is 4.68 Å². The average Bonchev–Trinajstić information content (AvgIpc) is 2.66. The van der Waals surface area contributed by atoms with Gasteiger partial charge >= 0.3 is 5.97 Å². The molecule has 0 saturated heterocycles. The van der Waals surface area contributed by atoms with Gasteiger partial charge in [0.15, 0.2) is 0 Å². The highest BCUT2D eigenvalue weighted by Gasteiger charge is 2.14. The number of thiophene rings is 1. The fraction of sp³-hybridized carbons (Fsp3) is 0.333. The van der Waals surface area contributed by atoms with Crippen LogP contribution in [0.15, 0.2) is 6.07 Å². The molecule has 2 heterocycles. The molecule has 5 heteroatoms. The summed E-state index contributed by atoms with van der Waals surface area (Å²) < 4.78 is 1.84. The summed E-state index contributed by atoms with van der Waals surface area (Å²) in [5.74, 6) is -0.867. The van der Waals surface area contributed by atoms with Crippen molar-refractivity contribution in [1.82, 2.24) is 9.78 Å². The zero-order valence-corrected chi connectivity index (χ0v) is 8.76. The minimum absolute atomic E-state index is 0.378. The molecule has 0 unspecified atom stereocenters. The van der Waals surface area contributed by atoms with E-state index in [9.17, 15) is 4.79 Å². The lowest BCUT2D eigenvalue weighted by atomic mass is 10.3. The molecule has 74 valence electrons. The third-order valence-corrected chi connectivity index (χ3v) is 3.25. The molecule has 0 bridgehead atoms. The number of nitrogens with zero attached hydrogens (tertiary/aromatic N) is 2. The topological polar surface area (TPSA) is 55.1 Å². The van der Waals surface area contributed by atoms with Crippen LogP contribution in [0.1, 0.15) is 22.3 Å². The second-order valence-electron chi connectivity index (χ2n) is 3.04. The number of rotatable bonds is 2. The van der Waals surface area contributed by atoms with Crippen LogP contribution in [-0.4, -0.2) is 20.9 Å². The molecular weight excluding hydrogens is 200 g/mol. The van der Waals surface area contributed by atoms with Gasteiger partial charge in [-0.2, -0.15) is 5.10 Å². The van der Waals surface area contributed by atoms with E-state index in [4.69, 9.17) is 5.11 Å². The molecule has 0 spiro atoms. The lowest BCUT2D eigenvalue weighted by Gasteiger charge is -1.93. The van der Waals surface area contributed by atoms with Crippen molar-refractivity contribution >= 4 is 27.5 Å². The lowest BCUT2D eigenvalue weighted by Crippen LogP contribution is -1.95. The number of carbonyl (C=O) groups is 1. The van der Waals surface area contributed by atoms with Gasteiger partial charge in [0, 0.05) is 11.9 Å². The molecule has 14 heavy (non-hydrogen) atoms. The number of fused-ring (bicyclic) bond motifs is 1. The first kappa shape index (κ1) is 9.21. The Morgan fingerprint density at radius 1 is 1.71 bits per heavy atom. The van der Waals surface area contributed by atoms with Crippen molar-refractivity contribution in [1.29, 1.82) is 0 Å². The molecule has 0 radical (unpaired) electrons. The number of hydrogen-bond donors (Lipinski definition) is 1. The van der Waals surface area contributed by atoms with Crippen LogP contribution in [0, 0.1) is 6.92 Å². The Hall–Kier alpha value is -1.36. The van der Waals surface area contributed by atoms with Crippen molar-refractivity contribution in [2.45, 2.75) is 20.4 Å². The number of aromatic carboxylic acids is 1. The molecule has 2 rings (SSSR count). The monoisotopic (exact) mass is 210 g/mol. The number of carboxylic acids is 1. The molecule has 1 N–H and O–H groups in total. The summed E-state index contributed by atoms with van der Waals surface area (Å²) in [6.45, 7) is 4.66. The van der Waals surface area contributed by atoms with Crippen LogP contribution in [-0.2, 0) is 6.54 Å². The molecule has 0 atom stereocenters. The minimum Gasteiger partial charge on any atom is -0.477 e. The largest absolute Gasteiger partial charge is 0.477 e. The van der Waals surface area contributed by atoms with E-state index < -0.39 is 5.97 Å². The normalized spacial score (nSPS) is 11.0. The maximum Gasteiger partial charge on any atom is 0.345 e. The number of aryl methyl sites for hydroxylation is 2. The Labute approximate surface area is 84.8 Å². The standard InChI is InChI=1S/C9H10N2O2S/c1-3-11-8-6(5(2)10-11)4-7(14-8)9(12)13/h4H,3H2,1-2H3,(H,12,13). The highest BCUT2D eigenvalue weighted by molar-refractivity contribution is 7.20. The zero-order valence-electron chi connectivity index (χ0n) is 7.94. The van der Waals surface area contributed by atoms with Gasteiger partial charge in [-0.25, -0.2) is 4.79 Å². The molecular formula is C9H10N2O2S. The van der Waals surface area contributed by atoms with Gasteiger partial charge < -0.3 is 5.11 Å². The first-order valence-electron chi connectivity index (χ1n) is 4.33. The molecule has 0 fully saturated rings. The molecule has 0 amide bonds. The summed E-state index contributed by atoms with van der Waals surface area (Å²) in [5, 5.41) is 14.1. The van der Waals surface area contributed by atoms with Gasteiger partial charge in [0.1, 0.15) is 9.71 Å². The Kier molecular flexibility index (Phi) is 2.03. The van der Waals surface area contributed by atoms with Crippen molar-refractivity contribution in [2.24, 2.45) is 0 Å². The van der Waals surface area contributed by atoms with E-state index in [1.54, 1.807) is 6.07 Å². The van der Waals surface area contributed by atoms with Gasteiger partial charge in [-0.05, 0) is 19.9 Å². The third-order valence-electron chi connectivity index (χ3n) is 2.12. The van der Waals surface area contributed by atoms with Crippen LogP contribution in [0.5, 0.6) is 0 Å². The Morgan fingerprint density at radius 3 is 3.00 bits per heavy atom. The van der Waals surface area contributed by atoms with Crippen molar-refractivity contribution in [3.8, 4) is 0 Å². The van der Waals surface area contributed by atoms with Crippen molar-refractivity contribution in [2.75, 3.05) is 0 Å². The van der Waals surface area contributed by atoms with E-state index in [1.165, 1.54) is 11.3 Å². The highest BCUT2D eigenvalue weighted by atomic mass is 32.1. The smallest absolute Gasteiger partial charge is 0.345 e. The Morgan fingerprint density at radius 2 is 2.43 bits per heavy atom. The van der Waals surface area contributed by atoms with Crippen molar-refractivity contribution in [3.05, 3.63) is 16.6 Å². The molecule has 0 aliphatic rings. The van der Waals surface area contributed by atoms with Crippen LogP contribution in [0.3, 0.4) is 0 Å². The highest BCUT2D eigenvalue weighted by Crippen LogP contribution is 2.27. The minimum atomic E-state index is -0.867. The predicted molar refractivity (Wildman–Crippen MR) is 55.0 cm³/mol. The van der Waals surface area contributed by atoms with Crippen molar-refractivity contribution in [3.63, 3.8) is 0 Å². The van der Waals surface area contributed by atoms with Crippen LogP contribution in [0.4, 0.5) is 0 Å². The molecule has 0 saturated carbocycles. The van der Waals surface area contributed by atoms with E-state index >= 15 is 0 Å². The van der Waals surface area contributed by atoms with Crippen LogP contribution < -0.4 is 0 Å². The number of carboxylic acid groups (broad SMARTS) is 1. The van der Waals surface area contributed by atoms with E-state index in [0.29, 0.717) is 4.88 Å². The Balaban J connectivity index is 2.70. The van der Waals surface area contributed by atoms with E-state index in [1.807, 2.05) is 18.5 Å². The van der Waals surface area contributed by atoms with Gasteiger partial charge in [-0.15, -0.1) is 11.3 Å². The maximum atomic E-state index is 10.8.